The van der Waals surface area contributed by atoms with Crippen molar-refractivity contribution in [3.8, 4) is 0 Å². The minimum absolute atomic E-state index is 0.274. The average Bonchev–Trinajstić information content (AvgIpc) is 2.55. The third-order valence-electron chi connectivity index (χ3n) is 3.47. The summed E-state index contributed by atoms with van der Waals surface area (Å²) in [4.78, 5) is 1.96. The molecule has 0 unspecified atom stereocenters. The predicted molar refractivity (Wildman–Crippen MR) is 91.0 cm³/mol. The maximum atomic E-state index is 13.3. The number of hydrogen-bond acceptors (Lipinski definition) is 4. The maximum absolute atomic E-state index is 13.3. The van der Waals surface area contributed by atoms with E-state index in [9.17, 15) is 9.67 Å². The summed E-state index contributed by atoms with van der Waals surface area (Å²) in [6.45, 7) is 2.05. The van der Waals surface area contributed by atoms with Gasteiger partial charge >= 0.3 is 0 Å². The summed E-state index contributed by atoms with van der Waals surface area (Å²) in [5.74, 6) is -1.17. The highest BCUT2D eigenvalue weighted by atomic mass is 31.2. The molecule has 0 radical (unpaired) electrons. The molecule has 0 aliphatic carbocycles. The SMILES string of the molecule is CCO[P@@](=O)(c1ccc(N(C)C)cc1)[C@@H](O)c1ccccc1. The first-order chi connectivity index (χ1) is 10.5. The molecule has 0 aromatic heterocycles. The Hall–Kier alpha value is -1.61. The maximum Gasteiger partial charge on any atom is 0.264 e. The summed E-state index contributed by atoms with van der Waals surface area (Å²) in [5.41, 5.74) is 1.59. The third-order valence-corrected chi connectivity index (χ3v) is 6.07. The van der Waals surface area contributed by atoms with Crippen LogP contribution in [0, 0.1) is 0 Å². The topological polar surface area (TPSA) is 49.8 Å². The minimum Gasteiger partial charge on any atom is -0.378 e. The zero-order valence-electron chi connectivity index (χ0n) is 13.1. The van der Waals surface area contributed by atoms with Crippen molar-refractivity contribution in [1.82, 2.24) is 0 Å². The Kier molecular flexibility index (Phi) is 5.41. The molecule has 118 valence electrons. The number of hydrogen-bond donors (Lipinski definition) is 1. The van der Waals surface area contributed by atoms with E-state index in [1.165, 1.54) is 0 Å². The predicted octanol–water partition coefficient (Wildman–Crippen LogP) is 3.38. The van der Waals surface area contributed by atoms with Crippen LogP contribution in [0.4, 0.5) is 5.69 Å². The van der Waals surface area contributed by atoms with Crippen molar-refractivity contribution in [3.63, 3.8) is 0 Å². The number of nitrogens with zero attached hydrogens (tertiary/aromatic N) is 1. The molecule has 5 heteroatoms. The summed E-state index contributed by atoms with van der Waals surface area (Å²) in [7, 11) is 0.483. The lowest BCUT2D eigenvalue weighted by molar-refractivity contribution is 0.218. The largest absolute Gasteiger partial charge is 0.378 e. The van der Waals surface area contributed by atoms with E-state index in [0.29, 0.717) is 10.9 Å². The van der Waals surface area contributed by atoms with Crippen LogP contribution in [0.15, 0.2) is 54.6 Å². The second kappa shape index (κ2) is 7.10. The first-order valence-electron chi connectivity index (χ1n) is 7.24. The molecule has 2 aromatic rings. The first-order valence-corrected chi connectivity index (χ1v) is 8.93. The molecule has 2 aromatic carbocycles. The number of aliphatic hydroxyl groups is 1. The van der Waals surface area contributed by atoms with Crippen molar-refractivity contribution >= 4 is 18.4 Å². The summed E-state index contributed by atoms with van der Waals surface area (Å²) in [6.07, 6.45) is 0. The Morgan fingerprint density at radius 1 is 1.09 bits per heavy atom. The molecule has 4 nitrogen and oxygen atoms in total. The zero-order chi connectivity index (χ0) is 16.2. The highest BCUT2D eigenvalue weighted by molar-refractivity contribution is 7.67. The van der Waals surface area contributed by atoms with E-state index in [-0.39, 0.29) is 6.61 Å². The molecule has 0 aliphatic heterocycles. The quantitative estimate of drug-likeness (QED) is 0.829. The van der Waals surface area contributed by atoms with Crippen molar-refractivity contribution in [1.29, 1.82) is 0 Å². The summed E-state index contributed by atoms with van der Waals surface area (Å²) >= 11 is 0. The number of aliphatic hydroxyl groups excluding tert-OH is 1. The zero-order valence-corrected chi connectivity index (χ0v) is 14.0. The van der Waals surface area contributed by atoms with Gasteiger partial charge in [-0.25, -0.2) is 0 Å². The summed E-state index contributed by atoms with van der Waals surface area (Å²) in [5, 5.41) is 11.1. The van der Waals surface area contributed by atoms with Gasteiger partial charge in [0.1, 0.15) is 0 Å². The molecule has 2 rings (SSSR count). The minimum atomic E-state index is -3.40. The van der Waals surface area contributed by atoms with Crippen molar-refractivity contribution < 1.29 is 14.2 Å². The Labute approximate surface area is 131 Å². The Morgan fingerprint density at radius 3 is 2.18 bits per heavy atom. The van der Waals surface area contributed by atoms with E-state index in [4.69, 9.17) is 4.52 Å². The third kappa shape index (κ3) is 3.41. The van der Waals surface area contributed by atoms with Gasteiger partial charge in [0.25, 0.3) is 7.37 Å². The number of rotatable bonds is 6. The molecule has 2 atom stereocenters. The Morgan fingerprint density at radius 2 is 1.68 bits per heavy atom. The van der Waals surface area contributed by atoms with Crippen LogP contribution in [-0.2, 0) is 9.09 Å². The Bertz CT molecular complexity index is 641. The lowest BCUT2D eigenvalue weighted by atomic mass is 10.2. The molecule has 0 spiro atoms. The van der Waals surface area contributed by atoms with Gasteiger partial charge in [-0.15, -0.1) is 0 Å². The summed E-state index contributed by atoms with van der Waals surface area (Å²) in [6, 6.07) is 16.3. The second-order valence-electron chi connectivity index (χ2n) is 5.21. The van der Waals surface area contributed by atoms with Gasteiger partial charge in [-0.3, -0.25) is 4.57 Å². The fraction of sp³-hybridized carbons (Fsp3) is 0.294. The monoisotopic (exact) mass is 319 g/mol. The first kappa shape index (κ1) is 16.8. The van der Waals surface area contributed by atoms with Crippen molar-refractivity contribution in [2.75, 3.05) is 25.6 Å². The lowest BCUT2D eigenvalue weighted by Crippen LogP contribution is -2.16. The van der Waals surface area contributed by atoms with Gasteiger partial charge < -0.3 is 14.5 Å². The lowest BCUT2D eigenvalue weighted by Gasteiger charge is -2.24. The molecule has 0 saturated carbocycles. The van der Waals surface area contributed by atoms with Gasteiger partial charge in [-0.05, 0) is 36.8 Å². The van der Waals surface area contributed by atoms with Crippen LogP contribution in [0.5, 0.6) is 0 Å². The van der Waals surface area contributed by atoms with Crippen LogP contribution < -0.4 is 10.2 Å². The molecule has 0 bridgehead atoms. The summed E-state index contributed by atoms with van der Waals surface area (Å²) < 4.78 is 18.8. The molecule has 0 fully saturated rings. The number of anilines is 1. The van der Waals surface area contributed by atoms with E-state index in [2.05, 4.69) is 0 Å². The van der Waals surface area contributed by atoms with Crippen LogP contribution >= 0.6 is 7.37 Å². The van der Waals surface area contributed by atoms with Crippen LogP contribution in [0.1, 0.15) is 18.3 Å². The van der Waals surface area contributed by atoms with Crippen LogP contribution in [0.3, 0.4) is 0 Å². The van der Waals surface area contributed by atoms with Gasteiger partial charge in [0.05, 0.1) is 6.61 Å². The molecule has 0 aliphatic rings. The van der Waals surface area contributed by atoms with Crippen LogP contribution in [0.2, 0.25) is 0 Å². The van der Waals surface area contributed by atoms with Gasteiger partial charge in [-0.2, -0.15) is 0 Å². The molecular formula is C17H22NO3P. The van der Waals surface area contributed by atoms with Gasteiger partial charge in [-0.1, -0.05) is 30.3 Å². The van der Waals surface area contributed by atoms with Gasteiger partial charge in [0, 0.05) is 25.1 Å². The van der Waals surface area contributed by atoms with Crippen LogP contribution in [0.25, 0.3) is 0 Å². The smallest absolute Gasteiger partial charge is 0.264 e. The normalized spacial score (nSPS) is 15.1. The Balaban J connectivity index is 2.41. The van der Waals surface area contributed by atoms with Gasteiger partial charge in [0.15, 0.2) is 5.85 Å². The standard InChI is InChI=1S/C17H22NO3P/c1-4-21-22(20,17(19)14-8-6-5-7-9-14)16-12-10-15(11-13-16)18(2)3/h5-13,17,19H,4H2,1-3H3/t17-,22+/m1/s1. The molecule has 22 heavy (non-hydrogen) atoms. The molecule has 0 amide bonds. The molecule has 1 N–H and O–H groups in total. The van der Waals surface area contributed by atoms with E-state index in [1.54, 1.807) is 31.2 Å². The fourth-order valence-corrected chi connectivity index (χ4v) is 4.34. The van der Waals surface area contributed by atoms with E-state index in [0.717, 1.165) is 5.69 Å². The highest BCUT2D eigenvalue weighted by Gasteiger charge is 2.35. The highest BCUT2D eigenvalue weighted by Crippen LogP contribution is 2.57. The van der Waals surface area contributed by atoms with Gasteiger partial charge in [0.2, 0.25) is 0 Å². The number of benzene rings is 2. The van der Waals surface area contributed by atoms with E-state index < -0.39 is 13.2 Å². The van der Waals surface area contributed by atoms with E-state index >= 15 is 0 Å². The second-order valence-corrected chi connectivity index (χ2v) is 7.67. The fourth-order valence-electron chi connectivity index (χ4n) is 2.26. The van der Waals surface area contributed by atoms with Crippen molar-refractivity contribution in [2.24, 2.45) is 0 Å². The molecule has 0 heterocycles. The average molecular weight is 319 g/mol. The van der Waals surface area contributed by atoms with Crippen molar-refractivity contribution in [3.05, 3.63) is 60.2 Å². The van der Waals surface area contributed by atoms with E-state index in [1.807, 2.05) is 49.3 Å². The molecular weight excluding hydrogens is 297 g/mol. The van der Waals surface area contributed by atoms with Crippen LogP contribution in [-0.4, -0.2) is 25.8 Å². The molecule has 0 saturated heterocycles. The van der Waals surface area contributed by atoms with Crippen molar-refractivity contribution in [2.45, 2.75) is 12.8 Å².